The number of hydrogen-bond acceptors (Lipinski definition) is 2. The predicted molar refractivity (Wildman–Crippen MR) is 66.4 cm³/mol. The third kappa shape index (κ3) is 3.99. The molecule has 0 unspecified atom stereocenters. The van der Waals surface area contributed by atoms with Crippen molar-refractivity contribution in [1.82, 2.24) is 0 Å². The molecule has 92 valence electrons. The van der Waals surface area contributed by atoms with Gasteiger partial charge in [0.15, 0.2) is 11.6 Å². The van der Waals surface area contributed by atoms with Gasteiger partial charge in [0.2, 0.25) is 0 Å². The second-order valence-electron chi connectivity index (χ2n) is 3.78. The summed E-state index contributed by atoms with van der Waals surface area (Å²) in [6.07, 6.45) is 4.03. The minimum absolute atomic E-state index is 0. The molecule has 0 saturated heterocycles. The molecule has 1 aromatic carbocycles. The molecule has 0 spiro atoms. The van der Waals surface area contributed by atoms with Gasteiger partial charge in [-0.15, -0.1) is 12.4 Å². The Morgan fingerprint density at radius 2 is 2.06 bits per heavy atom. The molecule has 0 aliphatic carbocycles. The van der Waals surface area contributed by atoms with E-state index in [1.54, 1.807) is 12.1 Å². The topological polar surface area (TPSA) is 46.2 Å². The summed E-state index contributed by atoms with van der Waals surface area (Å²) in [6.45, 7) is 2.12. The van der Waals surface area contributed by atoms with Gasteiger partial charge in [0.25, 0.3) is 0 Å². The van der Waals surface area contributed by atoms with Crippen molar-refractivity contribution >= 4 is 12.4 Å². The Morgan fingerprint density at radius 1 is 1.38 bits per heavy atom. The summed E-state index contributed by atoms with van der Waals surface area (Å²) < 4.78 is 13.0. The first-order valence-electron chi connectivity index (χ1n) is 5.39. The lowest BCUT2D eigenvalue weighted by Gasteiger charge is -2.13. The number of phenols is 1. The molecule has 0 fully saturated rings. The highest BCUT2D eigenvalue weighted by Gasteiger charge is 2.13. The van der Waals surface area contributed by atoms with Gasteiger partial charge in [-0.2, -0.15) is 0 Å². The van der Waals surface area contributed by atoms with Gasteiger partial charge in [0, 0.05) is 11.6 Å². The summed E-state index contributed by atoms with van der Waals surface area (Å²) in [4.78, 5) is 0. The fraction of sp³-hybridized carbons (Fsp3) is 0.500. The quantitative estimate of drug-likeness (QED) is 0.782. The van der Waals surface area contributed by atoms with Crippen molar-refractivity contribution in [2.45, 2.75) is 38.6 Å². The van der Waals surface area contributed by atoms with E-state index in [9.17, 15) is 9.50 Å². The predicted octanol–water partition coefficient (Wildman–Crippen LogP) is 3.53. The first-order chi connectivity index (χ1) is 7.16. The summed E-state index contributed by atoms with van der Waals surface area (Å²) in [7, 11) is 0. The van der Waals surface area contributed by atoms with E-state index in [0.717, 1.165) is 25.7 Å². The molecule has 0 aliphatic rings. The molecule has 0 saturated carbocycles. The van der Waals surface area contributed by atoms with Crippen LogP contribution in [0.5, 0.6) is 5.75 Å². The SMILES string of the molecule is CCCCC[C@H](N)c1cccc(F)c1O.Cl. The van der Waals surface area contributed by atoms with Gasteiger partial charge < -0.3 is 10.8 Å². The van der Waals surface area contributed by atoms with Crippen LogP contribution in [0.15, 0.2) is 18.2 Å². The molecule has 0 heterocycles. The van der Waals surface area contributed by atoms with Crippen LogP contribution in [-0.4, -0.2) is 5.11 Å². The number of aromatic hydroxyl groups is 1. The Labute approximate surface area is 102 Å². The summed E-state index contributed by atoms with van der Waals surface area (Å²) in [5, 5.41) is 9.47. The van der Waals surface area contributed by atoms with Crippen LogP contribution in [-0.2, 0) is 0 Å². The third-order valence-electron chi connectivity index (χ3n) is 2.54. The molecule has 2 nitrogen and oxygen atoms in total. The van der Waals surface area contributed by atoms with Crippen molar-refractivity contribution in [2.75, 3.05) is 0 Å². The van der Waals surface area contributed by atoms with Crippen LogP contribution < -0.4 is 5.73 Å². The second-order valence-corrected chi connectivity index (χ2v) is 3.78. The number of halogens is 2. The summed E-state index contributed by atoms with van der Waals surface area (Å²) in [5.41, 5.74) is 6.38. The number of rotatable bonds is 5. The molecule has 4 heteroatoms. The first-order valence-corrected chi connectivity index (χ1v) is 5.39. The zero-order valence-electron chi connectivity index (χ0n) is 9.45. The van der Waals surface area contributed by atoms with Gasteiger partial charge in [0.05, 0.1) is 0 Å². The molecular formula is C12H19ClFNO. The molecule has 0 bridgehead atoms. The van der Waals surface area contributed by atoms with Gasteiger partial charge in [-0.1, -0.05) is 38.3 Å². The summed E-state index contributed by atoms with van der Waals surface area (Å²) >= 11 is 0. The normalized spacial score (nSPS) is 11.9. The minimum atomic E-state index is -0.599. The molecule has 0 radical (unpaired) electrons. The fourth-order valence-electron chi connectivity index (χ4n) is 1.60. The largest absolute Gasteiger partial charge is 0.505 e. The molecule has 1 rings (SSSR count). The lowest BCUT2D eigenvalue weighted by molar-refractivity contribution is 0.417. The van der Waals surface area contributed by atoms with Gasteiger partial charge in [-0.3, -0.25) is 0 Å². The van der Waals surface area contributed by atoms with Gasteiger partial charge in [-0.05, 0) is 12.5 Å². The average Bonchev–Trinajstić information content (AvgIpc) is 2.22. The van der Waals surface area contributed by atoms with E-state index in [2.05, 4.69) is 6.92 Å². The van der Waals surface area contributed by atoms with Crippen LogP contribution >= 0.6 is 12.4 Å². The van der Waals surface area contributed by atoms with E-state index >= 15 is 0 Å². The molecule has 1 atom stereocenters. The highest BCUT2D eigenvalue weighted by Crippen LogP contribution is 2.28. The van der Waals surface area contributed by atoms with Crippen LogP contribution in [0.1, 0.15) is 44.2 Å². The van der Waals surface area contributed by atoms with Crippen molar-refractivity contribution in [3.8, 4) is 5.75 Å². The van der Waals surface area contributed by atoms with E-state index in [1.807, 2.05) is 0 Å². The molecule has 3 N–H and O–H groups in total. The minimum Gasteiger partial charge on any atom is -0.505 e. The van der Waals surface area contributed by atoms with E-state index in [1.165, 1.54) is 6.07 Å². The maximum Gasteiger partial charge on any atom is 0.165 e. The van der Waals surface area contributed by atoms with Gasteiger partial charge in [-0.25, -0.2) is 4.39 Å². The number of para-hydroxylation sites is 1. The third-order valence-corrected chi connectivity index (χ3v) is 2.54. The van der Waals surface area contributed by atoms with Crippen LogP contribution in [0, 0.1) is 5.82 Å². The van der Waals surface area contributed by atoms with Crippen molar-refractivity contribution in [3.63, 3.8) is 0 Å². The van der Waals surface area contributed by atoms with Crippen molar-refractivity contribution in [2.24, 2.45) is 5.73 Å². The highest BCUT2D eigenvalue weighted by molar-refractivity contribution is 5.85. The number of hydrogen-bond donors (Lipinski definition) is 2. The molecular weight excluding hydrogens is 229 g/mol. The zero-order valence-corrected chi connectivity index (χ0v) is 10.3. The molecule has 1 aromatic rings. The number of unbranched alkanes of at least 4 members (excludes halogenated alkanes) is 2. The zero-order chi connectivity index (χ0) is 11.3. The van der Waals surface area contributed by atoms with Gasteiger partial charge in [0.1, 0.15) is 0 Å². The molecule has 16 heavy (non-hydrogen) atoms. The standard InChI is InChI=1S/C12H18FNO.ClH/c1-2-3-4-8-11(14)9-6-5-7-10(13)12(9)15;/h5-7,11,15H,2-4,8,14H2,1H3;1H/t11-;/m0./s1. The van der Waals surface area contributed by atoms with E-state index in [-0.39, 0.29) is 24.2 Å². The summed E-state index contributed by atoms with van der Waals surface area (Å²) in [5.74, 6) is -0.903. The summed E-state index contributed by atoms with van der Waals surface area (Å²) in [6, 6.07) is 4.21. The van der Waals surface area contributed by atoms with Crippen LogP contribution in [0.3, 0.4) is 0 Å². The maximum atomic E-state index is 13.0. The van der Waals surface area contributed by atoms with E-state index < -0.39 is 5.82 Å². The van der Waals surface area contributed by atoms with Gasteiger partial charge >= 0.3 is 0 Å². The smallest absolute Gasteiger partial charge is 0.165 e. The monoisotopic (exact) mass is 247 g/mol. The van der Waals surface area contributed by atoms with E-state index in [0.29, 0.717) is 5.56 Å². The fourth-order valence-corrected chi connectivity index (χ4v) is 1.60. The Hall–Kier alpha value is -0.800. The van der Waals surface area contributed by atoms with Crippen LogP contribution in [0.25, 0.3) is 0 Å². The van der Waals surface area contributed by atoms with E-state index in [4.69, 9.17) is 5.73 Å². The first kappa shape index (κ1) is 15.2. The molecule has 0 aromatic heterocycles. The number of phenolic OH excluding ortho intramolecular Hbond substituents is 1. The Balaban J connectivity index is 0.00000225. The van der Waals surface area contributed by atoms with Crippen LogP contribution in [0.2, 0.25) is 0 Å². The molecule has 0 amide bonds. The molecule has 0 aliphatic heterocycles. The van der Waals surface area contributed by atoms with Crippen molar-refractivity contribution < 1.29 is 9.50 Å². The van der Waals surface area contributed by atoms with Crippen molar-refractivity contribution in [1.29, 1.82) is 0 Å². The average molecular weight is 248 g/mol. The van der Waals surface area contributed by atoms with Crippen LogP contribution in [0.4, 0.5) is 4.39 Å². The number of nitrogens with two attached hydrogens (primary N) is 1. The Kier molecular flexibility index (Phi) is 7.10. The maximum absolute atomic E-state index is 13.0. The lowest BCUT2D eigenvalue weighted by atomic mass is 10.0. The Morgan fingerprint density at radius 3 is 2.69 bits per heavy atom. The number of benzene rings is 1. The Bertz CT molecular complexity index is 320. The second kappa shape index (κ2) is 7.47. The van der Waals surface area contributed by atoms with Crippen molar-refractivity contribution in [3.05, 3.63) is 29.6 Å². The lowest BCUT2D eigenvalue weighted by Crippen LogP contribution is -2.10. The highest BCUT2D eigenvalue weighted by atomic mass is 35.5.